The highest BCUT2D eigenvalue weighted by Gasteiger charge is 2.12. The second-order valence-electron chi connectivity index (χ2n) is 3.69. The fourth-order valence-electron chi connectivity index (χ4n) is 0.990. The Morgan fingerprint density at radius 2 is 2.14 bits per heavy atom. The number of hydrogen-bond acceptors (Lipinski definition) is 3. The molecule has 0 radical (unpaired) electrons. The zero-order valence-corrected chi connectivity index (χ0v) is 9.45. The van der Waals surface area contributed by atoms with E-state index in [9.17, 15) is 4.79 Å². The van der Waals surface area contributed by atoms with Gasteiger partial charge in [-0.1, -0.05) is 13.8 Å². The van der Waals surface area contributed by atoms with Crippen molar-refractivity contribution in [2.75, 3.05) is 26.2 Å². The minimum atomic E-state index is -0.227. The van der Waals surface area contributed by atoms with Gasteiger partial charge in [0.25, 0.3) is 0 Å². The van der Waals surface area contributed by atoms with Crippen molar-refractivity contribution >= 4 is 6.09 Å². The van der Waals surface area contributed by atoms with E-state index in [0.717, 1.165) is 6.42 Å². The summed E-state index contributed by atoms with van der Waals surface area (Å²) in [6, 6.07) is 0. The molecule has 0 saturated carbocycles. The molecule has 0 saturated heterocycles. The van der Waals surface area contributed by atoms with Crippen molar-refractivity contribution < 1.29 is 9.53 Å². The van der Waals surface area contributed by atoms with Crippen molar-refractivity contribution in [3.05, 3.63) is 0 Å². The smallest absolute Gasteiger partial charge is 0.409 e. The number of carbonyl (C=O) groups is 1. The molecule has 2 N–H and O–H groups in total. The van der Waals surface area contributed by atoms with Gasteiger partial charge in [-0.15, -0.1) is 0 Å². The van der Waals surface area contributed by atoms with Gasteiger partial charge in [0.05, 0.1) is 6.61 Å². The van der Waals surface area contributed by atoms with Gasteiger partial charge in [-0.2, -0.15) is 0 Å². The molecule has 84 valence electrons. The highest BCUT2D eigenvalue weighted by Crippen LogP contribution is 1.99. The summed E-state index contributed by atoms with van der Waals surface area (Å²) in [4.78, 5) is 13.1. The van der Waals surface area contributed by atoms with E-state index in [1.54, 1.807) is 4.90 Å². The maximum Gasteiger partial charge on any atom is 0.409 e. The Bertz CT molecular complexity index is 160. The first-order valence-corrected chi connectivity index (χ1v) is 5.23. The molecular weight excluding hydrogens is 180 g/mol. The predicted octanol–water partition coefficient (Wildman–Crippen LogP) is 1.45. The van der Waals surface area contributed by atoms with Crippen molar-refractivity contribution in [2.24, 2.45) is 11.7 Å². The molecule has 0 rings (SSSR count). The van der Waals surface area contributed by atoms with Crippen LogP contribution in [0.25, 0.3) is 0 Å². The largest absolute Gasteiger partial charge is 0.449 e. The number of ether oxygens (including phenoxy) is 1. The van der Waals surface area contributed by atoms with Gasteiger partial charge in [0.15, 0.2) is 0 Å². The summed E-state index contributed by atoms with van der Waals surface area (Å²) in [5.74, 6) is 0.382. The first-order valence-electron chi connectivity index (χ1n) is 5.23. The van der Waals surface area contributed by atoms with E-state index in [4.69, 9.17) is 10.5 Å². The minimum absolute atomic E-state index is 0.227. The number of amides is 1. The van der Waals surface area contributed by atoms with E-state index in [0.29, 0.717) is 32.2 Å². The molecule has 4 heteroatoms. The first kappa shape index (κ1) is 13.2. The summed E-state index contributed by atoms with van der Waals surface area (Å²) in [5, 5.41) is 0. The average Bonchev–Trinajstić information content (AvgIpc) is 2.16. The Hall–Kier alpha value is -0.770. The molecule has 0 aromatic heterocycles. The lowest BCUT2D eigenvalue weighted by atomic mass is 10.2. The Labute approximate surface area is 86.4 Å². The van der Waals surface area contributed by atoms with Crippen LogP contribution in [0.5, 0.6) is 0 Å². The normalized spacial score (nSPS) is 10.4. The lowest BCUT2D eigenvalue weighted by Gasteiger charge is -2.20. The Morgan fingerprint density at radius 1 is 1.50 bits per heavy atom. The molecule has 4 nitrogen and oxygen atoms in total. The van der Waals surface area contributed by atoms with Crippen LogP contribution in [0.4, 0.5) is 4.79 Å². The molecule has 14 heavy (non-hydrogen) atoms. The van der Waals surface area contributed by atoms with Crippen LogP contribution in [0.3, 0.4) is 0 Å². The summed E-state index contributed by atoms with van der Waals surface area (Å²) < 4.78 is 5.10. The van der Waals surface area contributed by atoms with Crippen LogP contribution in [0.1, 0.15) is 27.2 Å². The monoisotopic (exact) mass is 202 g/mol. The molecule has 0 bridgehead atoms. The highest BCUT2D eigenvalue weighted by atomic mass is 16.6. The van der Waals surface area contributed by atoms with Crippen LogP contribution in [0.15, 0.2) is 0 Å². The molecule has 0 aliphatic carbocycles. The molecule has 0 heterocycles. The van der Waals surface area contributed by atoms with Gasteiger partial charge >= 0.3 is 6.09 Å². The maximum absolute atomic E-state index is 11.4. The topological polar surface area (TPSA) is 55.6 Å². The van der Waals surface area contributed by atoms with Crippen LogP contribution in [0, 0.1) is 5.92 Å². The Kier molecular flexibility index (Phi) is 7.20. The van der Waals surface area contributed by atoms with Crippen LogP contribution < -0.4 is 5.73 Å². The fourth-order valence-corrected chi connectivity index (χ4v) is 0.990. The van der Waals surface area contributed by atoms with E-state index in [-0.39, 0.29) is 6.09 Å². The van der Waals surface area contributed by atoms with Crippen molar-refractivity contribution in [2.45, 2.75) is 27.2 Å². The summed E-state index contributed by atoms with van der Waals surface area (Å²) in [5.41, 5.74) is 5.38. The van der Waals surface area contributed by atoms with Crippen molar-refractivity contribution in [1.82, 2.24) is 4.90 Å². The van der Waals surface area contributed by atoms with E-state index in [2.05, 4.69) is 0 Å². The van der Waals surface area contributed by atoms with Crippen LogP contribution in [0.2, 0.25) is 0 Å². The van der Waals surface area contributed by atoms with Gasteiger partial charge in [0.1, 0.15) is 0 Å². The number of nitrogens with two attached hydrogens (primary N) is 1. The van der Waals surface area contributed by atoms with Gasteiger partial charge in [0, 0.05) is 13.1 Å². The zero-order chi connectivity index (χ0) is 11.0. The summed E-state index contributed by atoms with van der Waals surface area (Å²) >= 11 is 0. The van der Waals surface area contributed by atoms with Crippen molar-refractivity contribution in [1.29, 1.82) is 0 Å². The number of hydrogen-bond donors (Lipinski definition) is 1. The third kappa shape index (κ3) is 5.80. The summed E-state index contributed by atoms with van der Waals surface area (Å²) in [7, 11) is 0. The Balaban J connectivity index is 3.79. The lowest BCUT2D eigenvalue weighted by molar-refractivity contribution is 0.0935. The first-order chi connectivity index (χ1) is 6.61. The van der Waals surface area contributed by atoms with Gasteiger partial charge in [-0.25, -0.2) is 4.79 Å². The van der Waals surface area contributed by atoms with E-state index < -0.39 is 0 Å². The van der Waals surface area contributed by atoms with Gasteiger partial charge in [-0.05, 0) is 25.8 Å². The van der Waals surface area contributed by atoms with E-state index in [1.165, 1.54) is 0 Å². The molecule has 0 unspecified atom stereocenters. The lowest BCUT2D eigenvalue weighted by Crippen LogP contribution is -2.33. The van der Waals surface area contributed by atoms with Crippen molar-refractivity contribution in [3.8, 4) is 0 Å². The molecular formula is C10H22N2O2. The average molecular weight is 202 g/mol. The third-order valence-corrected chi connectivity index (χ3v) is 1.81. The molecule has 0 aliphatic rings. The van der Waals surface area contributed by atoms with Gasteiger partial charge < -0.3 is 15.4 Å². The van der Waals surface area contributed by atoms with Crippen LogP contribution >= 0.6 is 0 Å². The summed E-state index contributed by atoms with van der Waals surface area (Å²) in [6.45, 7) is 8.42. The fraction of sp³-hybridized carbons (Fsp3) is 0.900. The number of carbonyl (C=O) groups excluding carboxylic acids is 1. The zero-order valence-electron chi connectivity index (χ0n) is 9.45. The number of nitrogens with zero attached hydrogens (tertiary/aromatic N) is 1. The molecule has 0 spiro atoms. The maximum atomic E-state index is 11.4. The van der Waals surface area contributed by atoms with E-state index >= 15 is 0 Å². The number of rotatable bonds is 6. The third-order valence-electron chi connectivity index (χ3n) is 1.81. The molecule has 1 amide bonds. The standard InChI is InChI=1S/C10H22N2O2/c1-4-12(7-5-6-11)10(13)14-8-9(2)3/h9H,4-8,11H2,1-3H3. The van der Waals surface area contributed by atoms with Crippen LogP contribution in [-0.4, -0.2) is 37.2 Å². The molecule has 0 aromatic rings. The van der Waals surface area contributed by atoms with E-state index in [1.807, 2.05) is 20.8 Å². The molecule has 0 aromatic carbocycles. The second-order valence-corrected chi connectivity index (χ2v) is 3.69. The molecule has 0 atom stereocenters. The second kappa shape index (κ2) is 7.62. The molecule has 0 fully saturated rings. The summed E-state index contributed by atoms with van der Waals surface area (Å²) in [6.07, 6.45) is 0.597. The van der Waals surface area contributed by atoms with Gasteiger partial charge in [0.2, 0.25) is 0 Å². The van der Waals surface area contributed by atoms with Crippen LogP contribution in [-0.2, 0) is 4.74 Å². The SMILES string of the molecule is CCN(CCCN)C(=O)OCC(C)C. The predicted molar refractivity (Wildman–Crippen MR) is 57.1 cm³/mol. The quantitative estimate of drug-likeness (QED) is 0.709. The highest BCUT2D eigenvalue weighted by molar-refractivity contribution is 5.67. The minimum Gasteiger partial charge on any atom is -0.449 e. The van der Waals surface area contributed by atoms with Gasteiger partial charge in [-0.3, -0.25) is 0 Å². The Morgan fingerprint density at radius 3 is 2.57 bits per heavy atom. The molecule has 0 aliphatic heterocycles. The van der Waals surface area contributed by atoms with Crippen molar-refractivity contribution in [3.63, 3.8) is 0 Å².